The van der Waals surface area contributed by atoms with Gasteiger partial charge in [0.15, 0.2) is 9.84 Å². The normalized spacial score (nSPS) is 20.6. The highest BCUT2D eigenvalue weighted by atomic mass is 32.2. The molecule has 2 heterocycles. The van der Waals surface area contributed by atoms with Crippen molar-refractivity contribution in [3.63, 3.8) is 0 Å². The topological polar surface area (TPSA) is 107 Å². The average molecular weight is 351 g/mol. The smallest absolute Gasteiger partial charge is 0.349 e. The number of methoxy groups -OCH3 is 1. The molecule has 0 spiro atoms. The molecule has 7 nitrogen and oxygen atoms in total. The fourth-order valence-electron chi connectivity index (χ4n) is 1.91. The molecule has 116 valence electrons. The molecule has 2 rings (SSSR count). The number of esters is 1. The number of hydrogen-bond donors (Lipinski definition) is 1. The van der Waals surface area contributed by atoms with Crippen molar-refractivity contribution in [1.82, 2.24) is 4.72 Å². The molecule has 1 aliphatic heterocycles. The first kappa shape index (κ1) is 16.1. The summed E-state index contributed by atoms with van der Waals surface area (Å²) >= 11 is 0.963. The molecular formula is C11H13NO6S3. The van der Waals surface area contributed by atoms with Crippen molar-refractivity contribution in [3.8, 4) is 0 Å². The number of hydrogen-bond acceptors (Lipinski definition) is 7. The van der Waals surface area contributed by atoms with Crippen molar-refractivity contribution in [2.24, 2.45) is 0 Å². The van der Waals surface area contributed by atoms with E-state index in [9.17, 15) is 21.6 Å². The fraction of sp³-hybridized carbons (Fsp3) is 0.364. The number of ether oxygens (including phenoxy) is 1. The van der Waals surface area contributed by atoms with Gasteiger partial charge in [0.05, 0.1) is 18.9 Å². The molecule has 1 N–H and O–H groups in total. The summed E-state index contributed by atoms with van der Waals surface area (Å²) in [6, 6.07) is -0.843. The Morgan fingerprint density at radius 1 is 1.48 bits per heavy atom. The van der Waals surface area contributed by atoms with E-state index in [1.54, 1.807) is 6.92 Å². The van der Waals surface area contributed by atoms with Crippen molar-refractivity contribution in [1.29, 1.82) is 0 Å². The molecular weight excluding hydrogens is 338 g/mol. The second-order valence-corrected chi connectivity index (χ2v) is 8.92. The summed E-state index contributed by atoms with van der Waals surface area (Å²) in [5.74, 6) is -1.08. The molecule has 1 aromatic heterocycles. The first-order valence-corrected chi connectivity index (χ1v) is 9.84. The lowest BCUT2D eigenvalue weighted by atomic mass is 10.3. The second-order valence-electron chi connectivity index (χ2n) is 4.45. The lowest BCUT2D eigenvalue weighted by molar-refractivity contribution is 0.0602. The molecule has 0 fully saturated rings. The van der Waals surface area contributed by atoms with Crippen LogP contribution in [0.25, 0.3) is 0 Å². The van der Waals surface area contributed by atoms with Crippen LogP contribution in [-0.4, -0.2) is 41.7 Å². The zero-order valence-electron chi connectivity index (χ0n) is 11.2. The van der Waals surface area contributed by atoms with Crippen molar-refractivity contribution >= 4 is 37.2 Å². The van der Waals surface area contributed by atoms with Gasteiger partial charge in [0.2, 0.25) is 10.0 Å². The minimum atomic E-state index is -4.02. The van der Waals surface area contributed by atoms with E-state index in [1.807, 2.05) is 0 Å². The van der Waals surface area contributed by atoms with Gasteiger partial charge in [0, 0.05) is 5.41 Å². The summed E-state index contributed by atoms with van der Waals surface area (Å²) in [6.07, 6.45) is 1.27. The molecule has 1 atom stereocenters. The number of carbonyl (C=O) groups excluding carboxylic acids is 1. The van der Waals surface area contributed by atoms with Crippen LogP contribution in [-0.2, 0) is 24.6 Å². The van der Waals surface area contributed by atoms with Crippen LogP contribution >= 0.6 is 11.3 Å². The molecule has 0 aliphatic carbocycles. The molecule has 21 heavy (non-hydrogen) atoms. The summed E-state index contributed by atoms with van der Waals surface area (Å²) in [5.41, 5.74) is 0.401. The molecule has 0 amide bonds. The van der Waals surface area contributed by atoms with Crippen LogP contribution in [0, 0.1) is 6.92 Å². The minimum absolute atomic E-state index is 0.0349. The zero-order chi connectivity index (χ0) is 15.8. The number of nitrogens with one attached hydrogen (secondary N) is 1. The molecule has 0 saturated heterocycles. The second kappa shape index (κ2) is 5.52. The molecule has 1 unspecified atom stereocenters. The Hall–Kier alpha value is -1.23. The summed E-state index contributed by atoms with van der Waals surface area (Å²) in [6.45, 7) is 1.55. The summed E-state index contributed by atoms with van der Waals surface area (Å²) in [5, 5.41) is 2.50. The highest BCUT2D eigenvalue weighted by molar-refractivity contribution is 7.94. The van der Waals surface area contributed by atoms with Gasteiger partial charge in [-0.3, -0.25) is 0 Å². The third-order valence-electron chi connectivity index (χ3n) is 2.79. The summed E-state index contributed by atoms with van der Waals surface area (Å²) < 4.78 is 54.2. The average Bonchev–Trinajstić information content (AvgIpc) is 2.91. The Bertz CT molecular complexity index is 803. The maximum absolute atomic E-state index is 12.4. The van der Waals surface area contributed by atoms with Crippen LogP contribution in [0.1, 0.15) is 15.2 Å². The van der Waals surface area contributed by atoms with Crippen LogP contribution in [0.4, 0.5) is 0 Å². The standard InChI is InChI=1S/C11H13NO6S3/c1-7-5-19-9(11(13)18-2)10(7)21(16,17)12-8-3-4-20(14,15)6-8/h3-5,8,12H,6H2,1-2H3. The first-order chi connectivity index (χ1) is 9.66. The van der Waals surface area contributed by atoms with Crippen molar-refractivity contribution in [2.45, 2.75) is 17.9 Å². The van der Waals surface area contributed by atoms with Crippen LogP contribution in [0.5, 0.6) is 0 Å². The van der Waals surface area contributed by atoms with Crippen LogP contribution < -0.4 is 4.72 Å². The summed E-state index contributed by atoms with van der Waals surface area (Å²) in [7, 11) is -6.24. The van der Waals surface area contributed by atoms with Crippen LogP contribution in [0.15, 0.2) is 21.8 Å². The Balaban J connectivity index is 2.35. The van der Waals surface area contributed by atoms with Crippen molar-refractivity contribution in [3.05, 3.63) is 27.3 Å². The van der Waals surface area contributed by atoms with Crippen LogP contribution in [0.2, 0.25) is 0 Å². The number of aryl methyl sites for hydroxylation is 1. The van der Waals surface area contributed by atoms with Crippen molar-refractivity contribution < 1.29 is 26.4 Å². The Morgan fingerprint density at radius 3 is 2.67 bits per heavy atom. The third-order valence-corrected chi connectivity index (χ3v) is 7.07. The number of rotatable bonds is 4. The third kappa shape index (κ3) is 3.34. The van der Waals surface area contributed by atoms with E-state index in [1.165, 1.54) is 11.5 Å². The molecule has 0 bridgehead atoms. The molecule has 0 radical (unpaired) electrons. The lowest BCUT2D eigenvalue weighted by Gasteiger charge is -2.12. The van der Waals surface area contributed by atoms with Gasteiger partial charge in [-0.1, -0.05) is 6.08 Å². The van der Waals surface area contributed by atoms with Gasteiger partial charge >= 0.3 is 5.97 Å². The van der Waals surface area contributed by atoms with E-state index in [2.05, 4.69) is 9.46 Å². The van der Waals surface area contributed by atoms with E-state index in [-0.39, 0.29) is 15.5 Å². The van der Waals surface area contributed by atoms with E-state index in [0.29, 0.717) is 5.56 Å². The van der Waals surface area contributed by atoms with Crippen molar-refractivity contribution in [2.75, 3.05) is 12.9 Å². The molecule has 0 aromatic carbocycles. The maximum atomic E-state index is 12.4. The Labute approximate surface area is 126 Å². The number of thiophene rings is 1. The number of sulfonamides is 1. The molecule has 0 saturated carbocycles. The predicted molar refractivity (Wildman–Crippen MR) is 77.4 cm³/mol. The molecule has 1 aliphatic rings. The van der Waals surface area contributed by atoms with E-state index >= 15 is 0 Å². The quantitative estimate of drug-likeness (QED) is 0.789. The van der Waals surface area contributed by atoms with E-state index in [0.717, 1.165) is 23.9 Å². The van der Waals surface area contributed by atoms with Gasteiger partial charge in [0.25, 0.3) is 0 Å². The minimum Gasteiger partial charge on any atom is -0.465 e. The maximum Gasteiger partial charge on any atom is 0.349 e. The van der Waals surface area contributed by atoms with Gasteiger partial charge in [0.1, 0.15) is 9.77 Å². The number of carbonyl (C=O) groups is 1. The van der Waals surface area contributed by atoms with Gasteiger partial charge in [-0.2, -0.15) is 0 Å². The van der Waals surface area contributed by atoms with Gasteiger partial charge in [-0.05, 0) is 17.9 Å². The van der Waals surface area contributed by atoms with E-state index < -0.39 is 31.9 Å². The monoisotopic (exact) mass is 351 g/mol. The zero-order valence-corrected chi connectivity index (χ0v) is 13.6. The fourth-order valence-corrected chi connectivity index (χ4v) is 6.15. The highest BCUT2D eigenvalue weighted by Gasteiger charge is 2.31. The Morgan fingerprint density at radius 2 is 2.14 bits per heavy atom. The van der Waals surface area contributed by atoms with Gasteiger partial charge in [-0.25, -0.2) is 26.4 Å². The SMILES string of the molecule is COC(=O)c1scc(C)c1S(=O)(=O)NC1C=CS(=O)(=O)C1. The summed E-state index contributed by atoms with van der Waals surface area (Å²) in [4.78, 5) is 11.4. The predicted octanol–water partition coefficient (Wildman–Crippen LogP) is 0.432. The highest BCUT2D eigenvalue weighted by Crippen LogP contribution is 2.28. The largest absolute Gasteiger partial charge is 0.465 e. The van der Waals surface area contributed by atoms with Gasteiger partial charge < -0.3 is 4.74 Å². The van der Waals surface area contributed by atoms with Crippen LogP contribution in [0.3, 0.4) is 0 Å². The lowest BCUT2D eigenvalue weighted by Crippen LogP contribution is -2.36. The number of sulfone groups is 1. The van der Waals surface area contributed by atoms with E-state index in [4.69, 9.17) is 0 Å². The molecule has 1 aromatic rings. The Kier molecular flexibility index (Phi) is 4.24. The molecule has 10 heteroatoms. The first-order valence-electron chi connectivity index (χ1n) is 5.76. The van der Waals surface area contributed by atoms with Gasteiger partial charge in [-0.15, -0.1) is 11.3 Å².